The molecule has 0 heterocycles. The van der Waals surface area contributed by atoms with E-state index in [2.05, 4.69) is 10.6 Å². The summed E-state index contributed by atoms with van der Waals surface area (Å²) in [7, 11) is 0. The molecule has 4 heteroatoms. The first-order valence-electron chi connectivity index (χ1n) is 9.23. The van der Waals surface area contributed by atoms with E-state index in [9.17, 15) is 9.59 Å². The molecule has 0 aliphatic carbocycles. The van der Waals surface area contributed by atoms with Crippen molar-refractivity contribution in [2.24, 2.45) is 5.92 Å². The molecule has 0 aromatic heterocycles. The fourth-order valence-electron chi connectivity index (χ4n) is 2.95. The first kappa shape index (κ1) is 19.7. The molecular formula is C22H28N2O2. The Balaban J connectivity index is 2.02. The number of nitrogens with one attached hydrogen (secondary N) is 2. The third-order valence-electron chi connectivity index (χ3n) is 4.53. The van der Waals surface area contributed by atoms with Gasteiger partial charge in [0.2, 0.25) is 11.8 Å². The van der Waals surface area contributed by atoms with Gasteiger partial charge in [0.05, 0.1) is 12.1 Å². The molecular weight excluding hydrogens is 324 g/mol. The summed E-state index contributed by atoms with van der Waals surface area (Å²) in [5, 5.41) is 5.95. The standard InChI is InChI=1S/C22H28N2O2/c1-4-11-20(21(25)23-16(2)18-12-7-5-8-13-18)22(26)24-17(3)19-14-9-6-10-15-19/h5-10,12-17,20H,4,11H2,1-3H3,(H,23,25)(H,24,26)/t16-,17-/m1/s1. The second kappa shape index (κ2) is 9.76. The number of carbonyl (C=O) groups excluding carboxylic acids is 2. The van der Waals surface area contributed by atoms with Crippen molar-refractivity contribution in [3.63, 3.8) is 0 Å². The molecule has 2 aromatic rings. The molecule has 0 fully saturated rings. The Bertz CT molecular complexity index is 641. The van der Waals surface area contributed by atoms with Gasteiger partial charge in [-0.05, 0) is 31.4 Å². The molecule has 2 aromatic carbocycles. The van der Waals surface area contributed by atoms with E-state index in [1.807, 2.05) is 81.4 Å². The van der Waals surface area contributed by atoms with Gasteiger partial charge in [0.25, 0.3) is 0 Å². The van der Waals surface area contributed by atoms with Gasteiger partial charge in [0.1, 0.15) is 5.92 Å². The highest BCUT2D eigenvalue weighted by molar-refractivity contribution is 6.00. The van der Waals surface area contributed by atoms with Crippen molar-refractivity contribution in [1.82, 2.24) is 10.6 Å². The average Bonchev–Trinajstić information content (AvgIpc) is 2.67. The van der Waals surface area contributed by atoms with Crippen LogP contribution in [0.4, 0.5) is 0 Å². The predicted molar refractivity (Wildman–Crippen MR) is 104 cm³/mol. The molecule has 0 aliphatic heterocycles. The van der Waals surface area contributed by atoms with Gasteiger partial charge in [-0.25, -0.2) is 0 Å². The normalized spacial score (nSPS) is 13.1. The lowest BCUT2D eigenvalue weighted by Crippen LogP contribution is -2.42. The Kier molecular flexibility index (Phi) is 7.39. The summed E-state index contributed by atoms with van der Waals surface area (Å²) in [5.74, 6) is -1.13. The van der Waals surface area contributed by atoms with Crippen molar-refractivity contribution in [2.45, 2.75) is 45.7 Å². The number of benzene rings is 2. The van der Waals surface area contributed by atoms with Crippen LogP contribution >= 0.6 is 0 Å². The lowest BCUT2D eigenvalue weighted by molar-refractivity contribution is -0.136. The highest BCUT2D eigenvalue weighted by Gasteiger charge is 2.28. The fraction of sp³-hybridized carbons (Fsp3) is 0.364. The smallest absolute Gasteiger partial charge is 0.233 e. The zero-order valence-electron chi connectivity index (χ0n) is 15.7. The van der Waals surface area contributed by atoms with Gasteiger partial charge in [-0.1, -0.05) is 74.0 Å². The topological polar surface area (TPSA) is 58.2 Å². The predicted octanol–water partition coefficient (Wildman–Crippen LogP) is 4.16. The summed E-state index contributed by atoms with van der Waals surface area (Å²) >= 11 is 0. The second-order valence-corrected chi connectivity index (χ2v) is 6.62. The van der Waals surface area contributed by atoms with E-state index in [0.29, 0.717) is 6.42 Å². The summed E-state index contributed by atoms with van der Waals surface area (Å²) in [5.41, 5.74) is 2.04. The molecule has 0 spiro atoms. The third-order valence-corrected chi connectivity index (χ3v) is 4.53. The minimum atomic E-state index is -0.683. The summed E-state index contributed by atoms with van der Waals surface area (Å²) in [4.78, 5) is 25.4. The highest BCUT2D eigenvalue weighted by Crippen LogP contribution is 2.17. The molecule has 0 radical (unpaired) electrons. The Morgan fingerprint density at radius 3 is 1.50 bits per heavy atom. The van der Waals surface area contributed by atoms with Gasteiger partial charge in [-0.15, -0.1) is 0 Å². The summed E-state index contributed by atoms with van der Waals surface area (Å²) in [6.45, 7) is 5.84. The monoisotopic (exact) mass is 352 g/mol. The first-order chi connectivity index (χ1) is 12.5. The lowest BCUT2D eigenvalue weighted by Gasteiger charge is -2.22. The van der Waals surface area contributed by atoms with E-state index in [1.54, 1.807) is 0 Å². The second-order valence-electron chi connectivity index (χ2n) is 6.62. The quantitative estimate of drug-likeness (QED) is 0.701. The molecule has 2 amide bonds. The molecule has 0 bridgehead atoms. The Hall–Kier alpha value is -2.62. The number of rotatable bonds is 8. The van der Waals surface area contributed by atoms with E-state index >= 15 is 0 Å². The highest BCUT2D eigenvalue weighted by atomic mass is 16.2. The van der Waals surface area contributed by atoms with Gasteiger partial charge >= 0.3 is 0 Å². The van der Waals surface area contributed by atoms with Crippen LogP contribution in [0, 0.1) is 5.92 Å². The fourth-order valence-corrected chi connectivity index (χ4v) is 2.95. The van der Waals surface area contributed by atoms with Crippen molar-refractivity contribution in [2.75, 3.05) is 0 Å². The SMILES string of the molecule is CCCC(C(=O)N[C@H](C)c1ccccc1)C(=O)N[C@H](C)c1ccccc1. The third kappa shape index (κ3) is 5.45. The van der Waals surface area contributed by atoms with Crippen molar-refractivity contribution in [3.05, 3.63) is 71.8 Å². The maximum absolute atomic E-state index is 12.7. The summed E-state index contributed by atoms with van der Waals surface area (Å²) in [6, 6.07) is 19.2. The van der Waals surface area contributed by atoms with Crippen molar-refractivity contribution >= 4 is 11.8 Å². The van der Waals surface area contributed by atoms with Crippen molar-refractivity contribution in [1.29, 1.82) is 0 Å². The Morgan fingerprint density at radius 2 is 1.15 bits per heavy atom. The van der Waals surface area contributed by atoms with Gasteiger partial charge in [0.15, 0.2) is 0 Å². The molecule has 4 nitrogen and oxygen atoms in total. The lowest BCUT2D eigenvalue weighted by atomic mass is 9.99. The van der Waals surface area contributed by atoms with E-state index in [4.69, 9.17) is 0 Å². The molecule has 0 unspecified atom stereocenters. The summed E-state index contributed by atoms with van der Waals surface area (Å²) in [6.07, 6.45) is 1.30. The average molecular weight is 352 g/mol. The number of amides is 2. The van der Waals surface area contributed by atoms with Crippen molar-refractivity contribution in [3.8, 4) is 0 Å². The van der Waals surface area contributed by atoms with Crippen LogP contribution in [-0.4, -0.2) is 11.8 Å². The molecule has 0 saturated heterocycles. The van der Waals surface area contributed by atoms with Gasteiger partial charge in [-0.2, -0.15) is 0 Å². The zero-order valence-corrected chi connectivity index (χ0v) is 15.7. The molecule has 2 N–H and O–H groups in total. The van der Waals surface area contributed by atoms with Crippen LogP contribution < -0.4 is 10.6 Å². The maximum atomic E-state index is 12.7. The van der Waals surface area contributed by atoms with Gasteiger partial charge < -0.3 is 10.6 Å². The van der Waals surface area contributed by atoms with Crippen LogP contribution in [0.3, 0.4) is 0 Å². The zero-order chi connectivity index (χ0) is 18.9. The number of carbonyl (C=O) groups is 2. The van der Waals surface area contributed by atoms with Crippen LogP contribution in [0.5, 0.6) is 0 Å². The van der Waals surface area contributed by atoms with E-state index in [-0.39, 0.29) is 23.9 Å². The van der Waals surface area contributed by atoms with Crippen LogP contribution in [0.1, 0.15) is 56.8 Å². The van der Waals surface area contributed by atoms with Crippen molar-refractivity contribution < 1.29 is 9.59 Å². The van der Waals surface area contributed by atoms with Gasteiger partial charge in [-0.3, -0.25) is 9.59 Å². The minimum Gasteiger partial charge on any atom is -0.349 e. The van der Waals surface area contributed by atoms with Crippen LogP contribution in [-0.2, 0) is 9.59 Å². The van der Waals surface area contributed by atoms with Gasteiger partial charge in [0, 0.05) is 0 Å². The first-order valence-corrected chi connectivity index (χ1v) is 9.23. The molecule has 0 saturated carbocycles. The molecule has 138 valence electrons. The van der Waals surface area contributed by atoms with E-state index in [0.717, 1.165) is 17.5 Å². The minimum absolute atomic E-state index is 0.137. The molecule has 2 rings (SSSR count). The van der Waals surface area contributed by atoms with Crippen LogP contribution in [0.25, 0.3) is 0 Å². The van der Waals surface area contributed by atoms with E-state index < -0.39 is 5.92 Å². The largest absolute Gasteiger partial charge is 0.349 e. The van der Waals surface area contributed by atoms with Crippen LogP contribution in [0.2, 0.25) is 0 Å². The number of hydrogen-bond donors (Lipinski definition) is 2. The summed E-state index contributed by atoms with van der Waals surface area (Å²) < 4.78 is 0. The molecule has 26 heavy (non-hydrogen) atoms. The Morgan fingerprint density at radius 1 is 0.769 bits per heavy atom. The Labute approximate surface area is 156 Å². The molecule has 2 atom stereocenters. The number of hydrogen-bond acceptors (Lipinski definition) is 2. The molecule has 0 aliphatic rings. The van der Waals surface area contributed by atoms with Crippen LogP contribution in [0.15, 0.2) is 60.7 Å². The van der Waals surface area contributed by atoms with E-state index in [1.165, 1.54) is 0 Å². The maximum Gasteiger partial charge on any atom is 0.233 e.